The second kappa shape index (κ2) is 6.82. The summed E-state index contributed by atoms with van der Waals surface area (Å²) >= 11 is 0. The van der Waals surface area contributed by atoms with Crippen LogP contribution in [0.25, 0.3) is 10.9 Å². The van der Waals surface area contributed by atoms with E-state index in [1.54, 1.807) is 0 Å². The lowest BCUT2D eigenvalue weighted by atomic mass is 9.70. The van der Waals surface area contributed by atoms with Crippen molar-refractivity contribution in [3.8, 4) is 0 Å². The van der Waals surface area contributed by atoms with Crippen molar-refractivity contribution in [3.05, 3.63) is 36.0 Å². The number of aryl methyl sites for hydroxylation is 1. The topological polar surface area (TPSA) is 80.6 Å². The van der Waals surface area contributed by atoms with E-state index in [-0.39, 0.29) is 18.1 Å². The van der Waals surface area contributed by atoms with Crippen LogP contribution in [0.2, 0.25) is 0 Å². The minimum Gasteiger partial charge on any atom is -0.350 e. The van der Waals surface area contributed by atoms with E-state index in [2.05, 4.69) is 10.2 Å². The van der Waals surface area contributed by atoms with Gasteiger partial charge in [-0.15, -0.1) is 0 Å². The van der Waals surface area contributed by atoms with E-state index in [0.717, 1.165) is 48.4 Å². The summed E-state index contributed by atoms with van der Waals surface area (Å²) in [7, 11) is -1.47. The number of hydrogen-bond acceptors (Lipinski definition) is 5. The number of amides is 1. The van der Waals surface area contributed by atoms with E-state index < -0.39 is 10.1 Å². The Kier molecular flexibility index (Phi) is 4.49. The molecule has 4 aliphatic rings. The Labute approximate surface area is 171 Å². The second-order valence-corrected chi connectivity index (χ2v) is 10.5. The quantitative estimate of drug-likeness (QED) is 0.769. The fourth-order valence-corrected chi connectivity index (χ4v) is 6.44. The fraction of sp³-hybridized carbons (Fsp3) is 0.571. The Hall–Kier alpha value is -1.90. The van der Waals surface area contributed by atoms with Crippen LogP contribution in [0.4, 0.5) is 0 Å². The molecule has 0 radical (unpaired) electrons. The molecule has 1 amide bonds. The first kappa shape index (κ1) is 19.1. The molecule has 4 aliphatic heterocycles. The van der Waals surface area contributed by atoms with Crippen molar-refractivity contribution >= 4 is 26.9 Å². The van der Waals surface area contributed by atoms with Crippen LogP contribution in [0, 0.1) is 5.92 Å². The SMILES string of the molecule is Cn1cc(C(=O)NC2CC3CC4C[C@@H](C2)N3C[C@H]4OS(C)(=O)=O)c2ccccc21. The number of nitrogens with zero attached hydrogens (tertiary/aromatic N) is 2. The largest absolute Gasteiger partial charge is 0.350 e. The maximum Gasteiger partial charge on any atom is 0.264 e. The van der Waals surface area contributed by atoms with E-state index >= 15 is 0 Å². The number of benzene rings is 1. The van der Waals surface area contributed by atoms with Gasteiger partial charge in [0.15, 0.2) is 0 Å². The van der Waals surface area contributed by atoms with Crippen LogP contribution in [-0.2, 0) is 21.3 Å². The van der Waals surface area contributed by atoms with Gasteiger partial charge in [0.1, 0.15) is 0 Å². The van der Waals surface area contributed by atoms with Gasteiger partial charge in [0.25, 0.3) is 16.0 Å². The fourth-order valence-electron chi connectivity index (χ4n) is 5.78. The first-order chi connectivity index (χ1) is 13.8. The highest BCUT2D eigenvalue weighted by molar-refractivity contribution is 7.86. The van der Waals surface area contributed by atoms with Gasteiger partial charge in [0, 0.05) is 48.8 Å². The molecular formula is C21H27N3O4S. The molecule has 0 spiro atoms. The zero-order valence-electron chi connectivity index (χ0n) is 16.7. The summed E-state index contributed by atoms with van der Waals surface area (Å²) in [6.07, 6.45) is 6.52. The van der Waals surface area contributed by atoms with Crippen molar-refractivity contribution < 1.29 is 17.4 Å². The van der Waals surface area contributed by atoms with Gasteiger partial charge in [-0.2, -0.15) is 8.42 Å². The van der Waals surface area contributed by atoms with Crippen molar-refractivity contribution in [2.75, 3.05) is 12.8 Å². The van der Waals surface area contributed by atoms with Gasteiger partial charge in [-0.05, 0) is 37.7 Å². The van der Waals surface area contributed by atoms with E-state index in [1.165, 1.54) is 0 Å². The normalized spacial score (nSPS) is 33.7. The predicted molar refractivity (Wildman–Crippen MR) is 110 cm³/mol. The lowest BCUT2D eigenvalue weighted by molar-refractivity contribution is -0.0993. The maximum atomic E-state index is 13.0. The Morgan fingerprint density at radius 1 is 1.14 bits per heavy atom. The molecule has 5 heterocycles. The lowest BCUT2D eigenvalue weighted by Crippen LogP contribution is -2.66. The summed E-state index contributed by atoms with van der Waals surface area (Å²) in [5.74, 6) is 0.282. The molecule has 7 nitrogen and oxygen atoms in total. The molecule has 1 aromatic carbocycles. The van der Waals surface area contributed by atoms with Gasteiger partial charge >= 0.3 is 0 Å². The van der Waals surface area contributed by atoms with Crippen molar-refractivity contribution in [2.24, 2.45) is 13.0 Å². The number of para-hydroxylation sites is 1. The van der Waals surface area contributed by atoms with Crippen molar-refractivity contribution in [2.45, 2.75) is 49.9 Å². The third kappa shape index (κ3) is 3.47. The van der Waals surface area contributed by atoms with Gasteiger partial charge in [0.2, 0.25) is 0 Å². The van der Waals surface area contributed by atoms with Crippen molar-refractivity contribution in [3.63, 3.8) is 0 Å². The molecule has 4 unspecified atom stereocenters. The number of carbonyl (C=O) groups excluding carboxylic acids is 1. The molecule has 1 N–H and O–H groups in total. The molecule has 4 fully saturated rings. The Balaban J connectivity index is 1.27. The number of fused-ring (bicyclic) bond motifs is 2. The predicted octanol–water partition coefficient (Wildman–Crippen LogP) is 1.88. The Morgan fingerprint density at radius 3 is 2.48 bits per heavy atom. The number of piperidine rings is 4. The van der Waals surface area contributed by atoms with Gasteiger partial charge in [0.05, 0.1) is 17.9 Å². The molecule has 4 saturated heterocycles. The van der Waals surface area contributed by atoms with E-state index in [0.29, 0.717) is 24.5 Å². The molecule has 6 atom stereocenters. The highest BCUT2D eigenvalue weighted by Gasteiger charge is 2.50. The Morgan fingerprint density at radius 2 is 1.83 bits per heavy atom. The summed E-state index contributed by atoms with van der Waals surface area (Å²) in [6.45, 7) is 0.678. The average Bonchev–Trinajstić information content (AvgIpc) is 2.98. The van der Waals surface area contributed by atoms with Crippen LogP contribution < -0.4 is 5.32 Å². The maximum absolute atomic E-state index is 13.0. The van der Waals surface area contributed by atoms with Crippen LogP contribution in [0.15, 0.2) is 30.5 Å². The molecule has 156 valence electrons. The number of carbonyl (C=O) groups is 1. The first-order valence-corrected chi connectivity index (χ1v) is 12.1. The summed E-state index contributed by atoms with van der Waals surface area (Å²) in [6, 6.07) is 8.90. The van der Waals surface area contributed by atoms with Gasteiger partial charge in [-0.25, -0.2) is 0 Å². The van der Waals surface area contributed by atoms with Crippen LogP contribution in [0.3, 0.4) is 0 Å². The zero-order valence-corrected chi connectivity index (χ0v) is 17.6. The molecule has 6 rings (SSSR count). The number of hydrogen-bond donors (Lipinski definition) is 1. The summed E-state index contributed by atoms with van der Waals surface area (Å²) in [5, 5.41) is 4.25. The zero-order chi connectivity index (χ0) is 20.3. The second-order valence-electron chi connectivity index (χ2n) is 8.89. The lowest BCUT2D eigenvalue weighted by Gasteiger charge is -2.57. The third-order valence-corrected chi connectivity index (χ3v) is 7.49. The third-order valence-electron chi connectivity index (χ3n) is 6.89. The van der Waals surface area contributed by atoms with E-state index in [9.17, 15) is 13.2 Å². The summed E-state index contributed by atoms with van der Waals surface area (Å²) in [4.78, 5) is 15.4. The van der Waals surface area contributed by atoms with Gasteiger partial charge in [-0.3, -0.25) is 13.9 Å². The van der Waals surface area contributed by atoms with Crippen molar-refractivity contribution in [1.82, 2.24) is 14.8 Å². The summed E-state index contributed by atoms with van der Waals surface area (Å²) in [5.41, 5.74) is 1.78. The molecule has 0 aliphatic carbocycles. The molecule has 8 heteroatoms. The number of nitrogens with one attached hydrogen (secondary N) is 1. The van der Waals surface area contributed by atoms with Crippen LogP contribution in [0.1, 0.15) is 36.0 Å². The van der Waals surface area contributed by atoms with E-state index in [1.807, 2.05) is 42.1 Å². The monoisotopic (exact) mass is 417 g/mol. The molecule has 4 bridgehead atoms. The highest BCUT2D eigenvalue weighted by atomic mass is 32.2. The first-order valence-electron chi connectivity index (χ1n) is 10.3. The molecule has 1 aromatic heterocycles. The summed E-state index contributed by atoms with van der Waals surface area (Å²) < 4.78 is 30.4. The standard InChI is InChI=1S/C21H27N3O4S/c1-23-11-18(17-5-3-4-6-19(17)23)21(25)22-14-9-15-7-13-8-16(10-14)24(15)12-20(13)28-29(2,26)27/h3-6,11,13-16,20H,7-10,12H2,1-2H3,(H,22,25)/t13?,14?,15-,16?,20+/m0/s1. The highest BCUT2D eigenvalue weighted by Crippen LogP contribution is 2.44. The van der Waals surface area contributed by atoms with Crippen LogP contribution >= 0.6 is 0 Å². The molecule has 0 saturated carbocycles. The average molecular weight is 418 g/mol. The molecular weight excluding hydrogens is 390 g/mol. The smallest absolute Gasteiger partial charge is 0.264 e. The van der Waals surface area contributed by atoms with Crippen LogP contribution in [0.5, 0.6) is 0 Å². The van der Waals surface area contributed by atoms with Gasteiger partial charge in [-0.1, -0.05) is 18.2 Å². The minimum atomic E-state index is -3.43. The molecule has 2 aromatic rings. The molecule has 29 heavy (non-hydrogen) atoms. The van der Waals surface area contributed by atoms with E-state index in [4.69, 9.17) is 4.18 Å². The van der Waals surface area contributed by atoms with Crippen LogP contribution in [-0.4, -0.2) is 60.8 Å². The number of aromatic nitrogens is 1. The van der Waals surface area contributed by atoms with Gasteiger partial charge < -0.3 is 9.88 Å². The number of rotatable bonds is 4. The Bertz CT molecular complexity index is 1050. The van der Waals surface area contributed by atoms with Crippen molar-refractivity contribution in [1.29, 1.82) is 0 Å². The minimum absolute atomic E-state index is 0.00906.